The number of rotatable bonds is 3. The van der Waals surface area contributed by atoms with Crippen LogP contribution in [0.3, 0.4) is 0 Å². The topological polar surface area (TPSA) is 32.3 Å². The third-order valence-electron chi connectivity index (χ3n) is 3.87. The first-order valence-electron chi connectivity index (χ1n) is 6.72. The lowest BCUT2D eigenvalue weighted by molar-refractivity contribution is -0.133. The zero-order valence-corrected chi connectivity index (χ0v) is 12.5. The minimum atomic E-state index is -0.0499. The lowest BCUT2D eigenvalue weighted by Gasteiger charge is -2.33. The van der Waals surface area contributed by atoms with Crippen molar-refractivity contribution < 1.29 is 4.79 Å². The van der Waals surface area contributed by atoms with Crippen LogP contribution in [0.4, 0.5) is 0 Å². The van der Waals surface area contributed by atoms with Gasteiger partial charge in [0, 0.05) is 13.1 Å². The molecule has 1 aromatic rings. The molecule has 0 saturated carbocycles. The van der Waals surface area contributed by atoms with Gasteiger partial charge in [0.25, 0.3) is 0 Å². The first-order chi connectivity index (χ1) is 8.70. The molecule has 106 valence electrons. The molecule has 19 heavy (non-hydrogen) atoms. The van der Waals surface area contributed by atoms with Gasteiger partial charge in [-0.3, -0.25) is 4.79 Å². The van der Waals surface area contributed by atoms with E-state index in [2.05, 4.69) is 5.32 Å². The van der Waals surface area contributed by atoms with E-state index in [1.54, 1.807) is 0 Å². The summed E-state index contributed by atoms with van der Waals surface area (Å²) in [6.45, 7) is 4.03. The summed E-state index contributed by atoms with van der Waals surface area (Å²) in [5.41, 5.74) is 1.10. The number of nitrogens with zero attached hydrogens (tertiary/aromatic N) is 1. The fraction of sp³-hybridized carbons (Fsp3) is 0.533. The largest absolute Gasteiger partial charge is 0.342 e. The molecule has 1 unspecified atom stereocenters. The minimum Gasteiger partial charge on any atom is -0.342 e. The number of hydrogen-bond donors (Lipinski definition) is 1. The number of amides is 1. The van der Waals surface area contributed by atoms with Gasteiger partial charge in [-0.15, -0.1) is 12.4 Å². The highest BCUT2D eigenvalue weighted by Crippen LogP contribution is 2.20. The second-order valence-electron chi connectivity index (χ2n) is 5.06. The van der Waals surface area contributed by atoms with Crippen molar-refractivity contribution in [3.05, 3.63) is 35.9 Å². The monoisotopic (exact) mass is 282 g/mol. The molecule has 3 nitrogen and oxygen atoms in total. The van der Waals surface area contributed by atoms with Crippen LogP contribution in [0.25, 0.3) is 0 Å². The summed E-state index contributed by atoms with van der Waals surface area (Å²) in [6.07, 6.45) is 2.12. The molecule has 1 saturated heterocycles. The molecule has 0 bridgehead atoms. The van der Waals surface area contributed by atoms with Gasteiger partial charge in [0.15, 0.2) is 0 Å². The number of halogens is 1. The van der Waals surface area contributed by atoms with E-state index in [4.69, 9.17) is 0 Å². The summed E-state index contributed by atoms with van der Waals surface area (Å²) in [5.74, 6) is 0.180. The maximum absolute atomic E-state index is 12.4. The average molecular weight is 283 g/mol. The quantitative estimate of drug-likeness (QED) is 0.923. The smallest absolute Gasteiger partial charge is 0.229 e. The van der Waals surface area contributed by atoms with Crippen molar-refractivity contribution in [1.82, 2.24) is 10.2 Å². The third kappa shape index (κ3) is 3.95. The van der Waals surface area contributed by atoms with Crippen LogP contribution in [0.1, 0.15) is 31.2 Å². The van der Waals surface area contributed by atoms with E-state index in [0.29, 0.717) is 6.04 Å². The molecule has 0 aliphatic carbocycles. The molecular weight excluding hydrogens is 260 g/mol. The van der Waals surface area contributed by atoms with Crippen LogP contribution >= 0.6 is 12.4 Å². The van der Waals surface area contributed by atoms with E-state index in [1.165, 1.54) is 0 Å². The normalized spacial score (nSPS) is 17.4. The second kappa shape index (κ2) is 7.51. The summed E-state index contributed by atoms with van der Waals surface area (Å²) in [6, 6.07) is 10.4. The number of piperidine rings is 1. The van der Waals surface area contributed by atoms with Gasteiger partial charge in [-0.05, 0) is 38.4 Å². The van der Waals surface area contributed by atoms with Crippen LogP contribution in [0.5, 0.6) is 0 Å². The van der Waals surface area contributed by atoms with E-state index >= 15 is 0 Å². The fourth-order valence-corrected chi connectivity index (χ4v) is 2.56. The number of likely N-dealkylation sites (N-methyl/N-ethyl adjacent to an activating group) is 1. The van der Waals surface area contributed by atoms with Crippen LogP contribution in [-0.4, -0.2) is 37.0 Å². The van der Waals surface area contributed by atoms with E-state index in [-0.39, 0.29) is 24.2 Å². The summed E-state index contributed by atoms with van der Waals surface area (Å²) in [4.78, 5) is 14.4. The molecular formula is C15H23ClN2O. The number of nitrogens with one attached hydrogen (secondary N) is 1. The third-order valence-corrected chi connectivity index (χ3v) is 3.87. The molecule has 1 atom stereocenters. The van der Waals surface area contributed by atoms with E-state index in [9.17, 15) is 4.79 Å². The van der Waals surface area contributed by atoms with Crippen molar-refractivity contribution in [1.29, 1.82) is 0 Å². The van der Waals surface area contributed by atoms with Crippen LogP contribution in [0.15, 0.2) is 30.3 Å². The van der Waals surface area contributed by atoms with Gasteiger partial charge in [0.2, 0.25) is 5.91 Å². The first-order valence-corrected chi connectivity index (χ1v) is 6.72. The van der Waals surface area contributed by atoms with Gasteiger partial charge in [0.05, 0.1) is 5.92 Å². The average Bonchev–Trinajstić information content (AvgIpc) is 2.47. The molecule has 1 aliphatic heterocycles. The Hall–Kier alpha value is -1.06. The van der Waals surface area contributed by atoms with Crippen molar-refractivity contribution >= 4 is 18.3 Å². The molecule has 1 aliphatic rings. The molecule has 1 fully saturated rings. The Morgan fingerprint density at radius 2 is 1.84 bits per heavy atom. The van der Waals surface area contributed by atoms with Gasteiger partial charge < -0.3 is 10.2 Å². The van der Waals surface area contributed by atoms with Crippen molar-refractivity contribution in [3.8, 4) is 0 Å². The van der Waals surface area contributed by atoms with Gasteiger partial charge in [-0.25, -0.2) is 0 Å². The zero-order chi connectivity index (χ0) is 13.0. The molecule has 0 spiro atoms. The Morgan fingerprint density at radius 1 is 1.26 bits per heavy atom. The number of hydrogen-bond acceptors (Lipinski definition) is 2. The van der Waals surface area contributed by atoms with E-state index in [0.717, 1.165) is 31.5 Å². The van der Waals surface area contributed by atoms with Gasteiger partial charge in [-0.1, -0.05) is 30.3 Å². The molecule has 1 amide bonds. The SMILES string of the molecule is CC(C(=O)N(C)C1CCNCC1)c1ccccc1.Cl. The summed E-state index contributed by atoms with van der Waals surface area (Å²) < 4.78 is 0. The van der Waals surface area contributed by atoms with E-state index < -0.39 is 0 Å². The highest BCUT2D eigenvalue weighted by Gasteiger charge is 2.25. The summed E-state index contributed by atoms with van der Waals surface area (Å²) in [7, 11) is 1.94. The Kier molecular flexibility index (Phi) is 6.32. The standard InChI is InChI=1S/C15H22N2O.ClH/c1-12(13-6-4-3-5-7-13)15(18)17(2)14-8-10-16-11-9-14;/h3-7,12,14,16H,8-11H2,1-2H3;1H. The molecule has 1 heterocycles. The van der Waals surface area contributed by atoms with E-state index in [1.807, 2.05) is 49.2 Å². The molecule has 2 rings (SSSR count). The maximum atomic E-state index is 12.4. The zero-order valence-electron chi connectivity index (χ0n) is 11.6. The van der Waals surface area contributed by atoms with Crippen LogP contribution < -0.4 is 5.32 Å². The Balaban J connectivity index is 0.00000180. The molecule has 0 radical (unpaired) electrons. The second-order valence-corrected chi connectivity index (χ2v) is 5.06. The Labute approximate surface area is 121 Å². The number of benzene rings is 1. The van der Waals surface area contributed by atoms with Crippen LogP contribution in [0.2, 0.25) is 0 Å². The molecule has 1 aromatic carbocycles. The van der Waals surface area contributed by atoms with Crippen LogP contribution in [0, 0.1) is 0 Å². The Bertz CT molecular complexity index is 390. The summed E-state index contributed by atoms with van der Waals surface area (Å²) >= 11 is 0. The Morgan fingerprint density at radius 3 is 2.42 bits per heavy atom. The molecule has 4 heteroatoms. The summed E-state index contributed by atoms with van der Waals surface area (Å²) in [5, 5.41) is 3.33. The highest BCUT2D eigenvalue weighted by molar-refractivity contribution is 5.85. The van der Waals surface area contributed by atoms with Gasteiger partial charge in [0.1, 0.15) is 0 Å². The lowest BCUT2D eigenvalue weighted by atomic mass is 9.97. The highest BCUT2D eigenvalue weighted by atomic mass is 35.5. The van der Waals surface area contributed by atoms with Crippen molar-refractivity contribution in [2.24, 2.45) is 0 Å². The minimum absolute atomic E-state index is 0. The van der Waals surface area contributed by atoms with Crippen molar-refractivity contribution in [2.75, 3.05) is 20.1 Å². The number of carbonyl (C=O) groups excluding carboxylic acids is 1. The van der Waals surface area contributed by atoms with Crippen molar-refractivity contribution in [3.63, 3.8) is 0 Å². The maximum Gasteiger partial charge on any atom is 0.229 e. The van der Waals surface area contributed by atoms with Gasteiger partial charge in [-0.2, -0.15) is 0 Å². The number of carbonyl (C=O) groups is 1. The first kappa shape index (κ1) is 16.0. The predicted molar refractivity (Wildman–Crippen MR) is 80.8 cm³/mol. The van der Waals surface area contributed by atoms with Crippen molar-refractivity contribution in [2.45, 2.75) is 31.7 Å². The predicted octanol–water partition coefficient (Wildman–Crippen LogP) is 2.42. The lowest BCUT2D eigenvalue weighted by Crippen LogP contribution is -2.45. The fourth-order valence-electron chi connectivity index (χ4n) is 2.56. The van der Waals surface area contributed by atoms with Crippen LogP contribution in [-0.2, 0) is 4.79 Å². The molecule has 0 aromatic heterocycles. The van der Waals surface area contributed by atoms with Gasteiger partial charge >= 0.3 is 0 Å². The molecule has 1 N–H and O–H groups in total.